The summed E-state index contributed by atoms with van der Waals surface area (Å²) in [5, 5.41) is 5.43. The number of aryl methyl sites for hydroxylation is 1. The Hall–Kier alpha value is -3.88. The molecule has 1 aliphatic heterocycles. The summed E-state index contributed by atoms with van der Waals surface area (Å²) >= 11 is 0. The molecule has 0 unspecified atom stereocenters. The molecule has 4 aromatic rings. The molecule has 1 fully saturated rings. The molecule has 158 valence electrons. The number of oxazole rings is 1. The smallest absolute Gasteiger partial charge is 0.408 e. The Morgan fingerprint density at radius 3 is 2.52 bits per heavy atom. The van der Waals surface area contributed by atoms with Crippen molar-refractivity contribution in [2.24, 2.45) is 0 Å². The van der Waals surface area contributed by atoms with Gasteiger partial charge in [0.05, 0.1) is 11.1 Å². The fourth-order valence-corrected chi connectivity index (χ4v) is 4.13. The lowest BCUT2D eigenvalue weighted by molar-refractivity contribution is 0.0740. The van der Waals surface area contributed by atoms with Gasteiger partial charge in [-0.25, -0.2) is 9.48 Å². The van der Waals surface area contributed by atoms with Gasteiger partial charge in [-0.05, 0) is 25.1 Å². The number of H-pyrrole nitrogens is 1. The largest absolute Gasteiger partial charge is 0.417 e. The summed E-state index contributed by atoms with van der Waals surface area (Å²) in [6, 6.07) is 12.6. The van der Waals surface area contributed by atoms with Crippen molar-refractivity contribution in [3.05, 3.63) is 69.1 Å². The first-order valence-corrected chi connectivity index (χ1v) is 10.2. The van der Waals surface area contributed by atoms with E-state index in [9.17, 15) is 14.4 Å². The highest BCUT2D eigenvalue weighted by Gasteiger charge is 2.26. The molecular formula is C22H21N5O4. The van der Waals surface area contributed by atoms with Crippen LogP contribution in [-0.4, -0.2) is 51.8 Å². The van der Waals surface area contributed by atoms with E-state index in [2.05, 4.69) is 15.0 Å². The molecule has 0 atom stereocenters. The SMILES string of the molecule is CCn1nc(C(=O)N2CCN(c3cccc4oc(=O)[nH]c34)CC2)c2ccccc2c1=O. The van der Waals surface area contributed by atoms with Crippen LogP contribution in [-0.2, 0) is 6.54 Å². The molecule has 9 heteroatoms. The summed E-state index contributed by atoms with van der Waals surface area (Å²) in [5.41, 5.74) is 2.15. The number of rotatable bonds is 3. The van der Waals surface area contributed by atoms with Crippen LogP contribution in [0.2, 0.25) is 0 Å². The highest BCUT2D eigenvalue weighted by molar-refractivity contribution is 6.04. The van der Waals surface area contributed by atoms with Gasteiger partial charge in [0.25, 0.3) is 11.5 Å². The first kappa shape index (κ1) is 19.1. The van der Waals surface area contributed by atoms with Crippen LogP contribution in [0.25, 0.3) is 21.9 Å². The van der Waals surface area contributed by atoms with E-state index in [4.69, 9.17) is 4.42 Å². The molecule has 2 aromatic carbocycles. The minimum Gasteiger partial charge on any atom is -0.408 e. The van der Waals surface area contributed by atoms with Gasteiger partial charge in [-0.2, -0.15) is 5.10 Å². The highest BCUT2D eigenvalue weighted by Crippen LogP contribution is 2.26. The zero-order valence-electron chi connectivity index (χ0n) is 17.0. The Kier molecular flexibility index (Phi) is 4.58. The average Bonchev–Trinajstić information content (AvgIpc) is 3.19. The van der Waals surface area contributed by atoms with Gasteiger partial charge in [-0.15, -0.1) is 0 Å². The molecule has 1 aliphatic rings. The van der Waals surface area contributed by atoms with Gasteiger partial charge in [0.2, 0.25) is 0 Å². The van der Waals surface area contributed by atoms with Crippen LogP contribution in [0.4, 0.5) is 5.69 Å². The summed E-state index contributed by atoms with van der Waals surface area (Å²) < 4.78 is 6.49. The molecule has 0 saturated carbocycles. The van der Waals surface area contributed by atoms with Crippen LogP contribution < -0.4 is 16.2 Å². The van der Waals surface area contributed by atoms with Gasteiger partial charge >= 0.3 is 5.76 Å². The number of benzene rings is 2. The van der Waals surface area contributed by atoms with E-state index in [1.807, 2.05) is 19.1 Å². The summed E-state index contributed by atoms with van der Waals surface area (Å²) in [6.45, 7) is 4.42. The number of piperazine rings is 1. The molecule has 0 spiro atoms. The minimum atomic E-state index is -0.486. The quantitative estimate of drug-likeness (QED) is 0.543. The van der Waals surface area contributed by atoms with Gasteiger partial charge in [0.15, 0.2) is 11.3 Å². The van der Waals surface area contributed by atoms with Crippen LogP contribution in [0.15, 0.2) is 56.5 Å². The Labute approximate surface area is 176 Å². The highest BCUT2D eigenvalue weighted by atomic mass is 16.4. The van der Waals surface area contributed by atoms with Crippen molar-refractivity contribution in [1.29, 1.82) is 0 Å². The van der Waals surface area contributed by atoms with Crippen molar-refractivity contribution in [2.45, 2.75) is 13.5 Å². The fourth-order valence-electron chi connectivity index (χ4n) is 4.13. The number of para-hydroxylation sites is 1. The Morgan fingerprint density at radius 2 is 1.77 bits per heavy atom. The van der Waals surface area contributed by atoms with Crippen LogP contribution >= 0.6 is 0 Å². The average molecular weight is 419 g/mol. The Morgan fingerprint density at radius 1 is 1.03 bits per heavy atom. The predicted octanol–water partition coefficient (Wildman–Crippen LogP) is 1.81. The number of hydrogen-bond acceptors (Lipinski definition) is 6. The Bertz CT molecular complexity index is 1410. The third-order valence-electron chi connectivity index (χ3n) is 5.71. The maximum atomic E-state index is 13.3. The van der Waals surface area contributed by atoms with E-state index in [0.29, 0.717) is 60.3 Å². The molecule has 2 aromatic heterocycles. The van der Waals surface area contributed by atoms with E-state index >= 15 is 0 Å². The topological polar surface area (TPSA) is 104 Å². The lowest BCUT2D eigenvalue weighted by Gasteiger charge is -2.36. The van der Waals surface area contributed by atoms with Crippen molar-refractivity contribution in [1.82, 2.24) is 19.7 Å². The molecule has 0 radical (unpaired) electrons. The lowest BCUT2D eigenvalue weighted by atomic mass is 10.1. The number of aromatic nitrogens is 3. The number of anilines is 1. The van der Waals surface area contributed by atoms with Crippen LogP contribution in [0.1, 0.15) is 17.4 Å². The predicted molar refractivity (Wildman–Crippen MR) is 117 cm³/mol. The molecule has 1 amide bonds. The second-order valence-corrected chi connectivity index (χ2v) is 7.46. The minimum absolute atomic E-state index is 0.187. The van der Waals surface area contributed by atoms with E-state index in [0.717, 1.165) is 5.69 Å². The molecule has 1 saturated heterocycles. The van der Waals surface area contributed by atoms with Crippen molar-refractivity contribution < 1.29 is 9.21 Å². The van der Waals surface area contributed by atoms with Crippen molar-refractivity contribution in [2.75, 3.05) is 31.1 Å². The number of carbonyl (C=O) groups is 1. The molecule has 9 nitrogen and oxygen atoms in total. The summed E-state index contributed by atoms with van der Waals surface area (Å²) in [4.78, 5) is 44.1. The number of carbonyl (C=O) groups excluding carboxylic acids is 1. The van der Waals surface area contributed by atoms with E-state index in [1.165, 1.54) is 4.68 Å². The summed E-state index contributed by atoms with van der Waals surface area (Å²) in [7, 11) is 0. The van der Waals surface area contributed by atoms with E-state index in [-0.39, 0.29) is 11.5 Å². The van der Waals surface area contributed by atoms with E-state index in [1.54, 1.807) is 35.2 Å². The van der Waals surface area contributed by atoms with Gasteiger partial charge < -0.3 is 14.2 Å². The number of fused-ring (bicyclic) bond motifs is 2. The fraction of sp³-hybridized carbons (Fsp3) is 0.273. The first-order valence-electron chi connectivity index (χ1n) is 10.2. The third-order valence-corrected chi connectivity index (χ3v) is 5.71. The van der Waals surface area contributed by atoms with Gasteiger partial charge in [-0.1, -0.05) is 24.3 Å². The summed E-state index contributed by atoms with van der Waals surface area (Å²) in [5.74, 6) is -0.673. The van der Waals surface area contributed by atoms with Gasteiger partial charge in [-0.3, -0.25) is 14.6 Å². The van der Waals surface area contributed by atoms with Crippen LogP contribution in [0.5, 0.6) is 0 Å². The molecule has 5 rings (SSSR count). The molecule has 0 bridgehead atoms. The first-order chi connectivity index (χ1) is 15.1. The maximum absolute atomic E-state index is 13.3. The molecule has 3 heterocycles. The molecule has 0 aliphatic carbocycles. The van der Waals surface area contributed by atoms with Gasteiger partial charge in [0, 0.05) is 38.1 Å². The number of nitrogens with zero attached hydrogens (tertiary/aromatic N) is 4. The normalized spacial score (nSPS) is 14.5. The van der Waals surface area contributed by atoms with Gasteiger partial charge in [0.1, 0.15) is 5.52 Å². The van der Waals surface area contributed by atoms with Crippen molar-refractivity contribution in [3.63, 3.8) is 0 Å². The number of aromatic amines is 1. The van der Waals surface area contributed by atoms with Crippen LogP contribution in [0.3, 0.4) is 0 Å². The van der Waals surface area contributed by atoms with Crippen molar-refractivity contribution in [3.8, 4) is 0 Å². The maximum Gasteiger partial charge on any atom is 0.417 e. The molecule has 1 N–H and O–H groups in total. The standard InChI is InChI=1S/C22H21N5O4/c1-2-27-20(28)15-7-4-3-6-14(15)18(24-27)21(29)26-12-10-25(11-13-26)16-8-5-9-17-19(16)23-22(30)31-17/h3-9H,2,10-13H2,1H3,(H,23,30). The third kappa shape index (κ3) is 3.18. The Balaban J connectivity index is 1.42. The van der Waals surface area contributed by atoms with Crippen molar-refractivity contribution >= 4 is 33.5 Å². The molecule has 31 heavy (non-hydrogen) atoms. The van der Waals surface area contributed by atoms with Crippen LogP contribution in [0, 0.1) is 0 Å². The second-order valence-electron chi connectivity index (χ2n) is 7.46. The molecular weight excluding hydrogens is 398 g/mol. The lowest BCUT2D eigenvalue weighted by Crippen LogP contribution is -2.49. The zero-order valence-corrected chi connectivity index (χ0v) is 17.0. The van der Waals surface area contributed by atoms with E-state index < -0.39 is 5.76 Å². The number of amides is 1. The monoisotopic (exact) mass is 419 g/mol. The number of hydrogen-bond donors (Lipinski definition) is 1. The summed E-state index contributed by atoms with van der Waals surface area (Å²) in [6.07, 6.45) is 0. The zero-order chi connectivity index (χ0) is 21.5. The number of nitrogens with one attached hydrogen (secondary N) is 1. The second kappa shape index (κ2) is 7.42.